The molecule has 4 nitrogen and oxygen atoms in total. The molecule has 0 radical (unpaired) electrons. The van der Waals surface area contributed by atoms with Crippen molar-refractivity contribution in [3.63, 3.8) is 0 Å². The van der Waals surface area contributed by atoms with Crippen molar-refractivity contribution in [3.8, 4) is 0 Å². The van der Waals surface area contributed by atoms with E-state index in [4.69, 9.17) is 4.74 Å². The van der Waals surface area contributed by atoms with Crippen molar-refractivity contribution in [1.82, 2.24) is 10.2 Å². The molecule has 1 N–H and O–H groups in total. The first-order valence-electron chi connectivity index (χ1n) is 7.48. The zero-order chi connectivity index (χ0) is 13.9. The molecule has 1 unspecified atom stereocenters. The van der Waals surface area contributed by atoms with Crippen LogP contribution in [0.5, 0.6) is 0 Å². The molecular formula is C16H22N2O2. The topological polar surface area (TPSA) is 41.6 Å². The maximum absolute atomic E-state index is 12.7. The van der Waals surface area contributed by atoms with Crippen LogP contribution in [0.2, 0.25) is 0 Å². The van der Waals surface area contributed by atoms with Crippen LogP contribution < -0.4 is 5.32 Å². The van der Waals surface area contributed by atoms with Crippen LogP contribution >= 0.6 is 0 Å². The maximum Gasteiger partial charge on any atom is 0.240 e. The van der Waals surface area contributed by atoms with E-state index < -0.39 is 0 Å². The highest BCUT2D eigenvalue weighted by molar-refractivity contribution is 5.83. The predicted octanol–water partition coefficient (Wildman–Crippen LogP) is 1.34. The molecule has 4 heteroatoms. The number of fused-ring (bicyclic) bond motifs is 1. The van der Waals surface area contributed by atoms with E-state index in [0.29, 0.717) is 13.2 Å². The molecule has 0 bridgehead atoms. The van der Waals surface area contributed by atoms with Crippen molar-refractivity contribution in [2.24, 2.45) is 0 Å². The minimum atomic E-state index is -0.0861. The maximum atomic E-state index is 12.7. The zero-order valence-electron chi connectivity index (χ0n) is 12.0. The summed E-state index contributed by atoms with van der Waals surface area (Å²) >= 11 is 0. The minimum Gasteiger partial charge on any atom is -0.377 e. The third-order valence-corrected chi connectivity index (χ3v) is 4.36. The fraction of sp³-hybridized carbons (Fsp3) is 0.562. The Morgan fingerprint density at radius 1 is 1.40 bits per heavy atom. The molecule has 1 aromatic carbocycles. The van der Waals surface area contributed by atoms with Crippen LogP contribution in [0.4, 0.5) is 0 Å². The van der Waals surface area contributed by atoms with Crippen molar-refractivity contribution >= 4 is 5.91 Å². The average molecular weight is 274 g/mol. The monoisotopic (exact) mass is 274 g/mol. The molecule has 1 saturated heterocycles. The number of hydrogen-bond acceptors (Lipinski definition) is 3. The number of morpholine rings is 1. The summed E-state index contributed by atoms with van der Waals surface area (Å²) in [4.78, 5) is 14.7. The Hall–Kier alpha value is -1.39. The summed E-state index contributed by atoms with van der Waals surface area (Å²) in [5, 5.41) is 3.38. The number of hydrogen-bond donors (Lipinski definition) is 1. The number of carbonyl (C=O) groups is 1. The van der Waals surface area contributed by atoms with Gasteiger partial charge in [-0.05, 0) is 24.0 Å². The van der Waals surface area contributed by atoms with Crippen LogP contribution in [-0.2, 0) is 22.5 Å². The molecule has 0 aromatic heterocycles. The quantitative estimate of drug-likeness (QED) is 0.885. The lowest BCUT2D eigenvalue weighted by Crippen LogP contribution is -2.56. The second-order valence-corrected chi connectivity index (χ2v) is 5.57. The Labute approximate surface area is 120 Å². The van der Waals surface area contributed by atoms with Crippen molar-refractivity contribution in [1.29, 1.82) is 0 Å². The molecule has 2 atom stereocenters. The van der Waals surface area contributed by atoms with E-state index in [2.05, 4.69) is 36.5 Å². The number of nitrogens with one attached hydrogen (secondary N) is 1. The van der Waals surface area contributed by atoms with Gasteiger partial charge in [-0.25, -0.2) is 0 Å². The van der Waals surface area contributed by atoms with Gasteiger partial charge in [0, 0.05) is 13.1 Å². The Morgan fingerprint density at radius 2 is 2.20 bits per heavy atom. The van der Waals surface area contributed by atoms with Gasteiger partial charge in [-0.15, -0.1) is 0 Å². The van der Waals surface area contributed by atoms with Crippen LogP contribution in [0.15, 0.2) is 24.3 Å². The Bertz CT molecular complexity index is 489. The third-order valence-electron chi connectivity index (χ3n) is 4.36. The number of carbonyl (C=O) groups excluding carboxylic acids is 1. The number of rotatable bonds is 2. The lowest BCUT2D eigenvalue weighted by atomic mass is 9.94. The second-order valence-electron chi connectivity index (χ2n) is 5.57. The van der Waals surface area contributed by atoms with Gasteiger partial charge in [0.05, 0.1) is 25.3 Å². The summed E-state index contributed by atoms with van der Waals surface area (Å²) in [6.07, 6.45) is 1.75. The van der Waals surface area contributed by atoms with Gasteiger partial charge in [0.25, 0.3) is 0 Å². The lowest BCUT2D eigenvalue weighted by molar-refractivity contribution is -0.142. The van der Waals surface area contributed by atoms with Crippen molar-refractivity contribution in [2.75, 3.05) is 19.8 Å². The molecule has 2 aliphatic rings. The van der Waals surface area contributed by atoms with Crippen LogP contribution in [0.3, 0.4) is 0 Å². The third kappa shape index (κ3) is 2.58. The molecule has 3 rings (SSSR count). The number of ether oxygens (including phenoxy) is 1. The number of amides is 1. The van der Waals surface area contributed by atoms with E-state index in [1.54, 1.807) is 0 Å². The van der Waals surface area contributed by atoms with Gasteiger partial charge in [-0.3, -0.25) is 4.79 Å². The van der Waals surface area contributed by atoms with Gasteiger partial charge in [0.1, 0.15) is 0 Å². The van der Waals surface area contributed by atoms with Crippen molar-refractivity contribution in [2.45, 2.75) is 38.4 Å². The summed E-state index contributed by atoms with van der Waals surface area (Å²) in [6, 6.07) is 8.51. The van der Waals surface area contributed by atoms with E-state index in [-0.39, 0.29) is 18.0 Å². The second kappa shape index (κ2) is 5.94. The van der Waals surface area contributed by atoms with E-state index in [1.807, 2.05) is 4.90 Å². The number of nitrogens with zero attached hydrogens (tertiary/aromatic N) is 1. The summed E-state index contributed by atoms with van der Waals surface area (Å²) in [5.74, 6) is 0.231. The first kappa shape index (κ1) is 13.6. The normalized spacial score (nSPS) is 26.1. The fourth-order valence-corrected chi connectivity index (χ4v) is 3.11. The Kier molecular flexibility index (Phi) is 4.03. The molecule has 0 spiro atoms. The van der Waals surface area contributed by atoms with Crippen LogP contribution in [0.25, 0.3) is 0 Å². The van der Waals surface area contributed by atoms with E-state index in [0.717, 1.165) is 25.9 Å². The van der Waals surface area contributed by atoms with E-state index in [1.165, 1.54) is 11.1 Å². The zero-order valence-corrected chi connectivity index (χ0v) is 12.0. The van der Waals surface area contributed by atoms with Gasteiger partial charge in [0.15, 0.2) is 0 Å². The van der Waals surface area contributed by atoms with Crippen LogP contribution in [-0.4, -0.2) is 42.6 Å². The SMILES string of the molecule is CCC1COCCN1C(=O)[C@H]1Cc2ccccc2CN1. The highest BCUT2D eigenvalue weighted by Gasteiger charge is 2.32. The first-order valence-corrected chi connectivity index (χ1v) is 7.48. The standard InChI is InChI=1S/C16H22N2O2/c1-2-14-11-20-8-7-18(14)16(19)15-9-12-5-3-4-6-13(12)10-17-15/h3-6,14-15,17H,2,7-11H2,1H3/t14?,15-/m1/s1. The van der Waals surface area contributed by atoms with Gasteiger partial charge in [0.2, 0.25) is 5.91 Å². The van der Waals surface area contributed by atoms with Gasteiger partial charge in [-0.2, -0.15) is 0 Å². The Balaban J connectivity index is 1.72. The highest BCUT2D eigenvalue weighted by atomic mass is 16.5. The van der Waals surface area contributed by atoms with E-state index >= 15 is 0 Å². The molecule has 1 fully saturated rings. The molecule has 2 heterocycles. The van der Waals surface area contributed by atoms with E-state index in [9.17, 15) is 4.79 Å². The molecule has 1 aromatic rings. The largest absolute Gasteiger partial charge is 0.377 e. The molecule has 20 heavy (non-hydrogen) atoms. The fourth-order valence-electron chi connectivity index (χ4n) is 3.11. The summed E-state index contributed by atoms with van der Waals surface area (Å²) < 4.78 is 5.48. The van der Waals surface area contributed by atoms with Crippen LogP contribution in [0, 0.1) is 0 Å². The average Bonchev–Trinajstić information content (AvgIpc) is 2.53. The molecular weight excluding hydrogens is 252 g/mol. The molecule has 1 amide bonds. The highest BCUT2D eigenvalue weighted by Crippen LogP contribution is 2.19. The number of benzene rings is 1. The van der Waals surface area contributed by atoms with Crippen molar-refractivity contribution < 1.29 is 9.53 Å². The van der Waals surface area contributed by atoms with Gasteiger partial charge in [-0.1, -0.05) is 31.2 Å². The Morgan fingerprint density at radius 3 is 3.00 bits per heavy atom. The molecule has 2 aliphatic heterocycles. The molecule has 108 valence electrons. The van der Waals surface area contributed by atoms with Crippen LogP contribution in [0.1, 0.15) is 24.5 Å². The van der Waals surface area contributed by atoms with Gasteiger partial charge >= 0.3 is 0 Å². The summed E-state index contributed by atoms with van der Waals surface area (Å²) in [6.45, 7) is 4.95. The smallest absolute Gasteiger partial charge is 0.240 e. The molecule has 0 aliphatic carbocycles. The first-order chi connectivity index (χ1) is 9.79. The van der Waals surface area contributed by atoms with Crippen molar-refractivity contribution in [3.05, 3.63) is 35.4 Å². The summed E-state index contributed by atoms with van der Waals surface area (Å²) in [5.41, 5.74) is 2.61. The lowest BCUT2D eigenvalue weighted by Gasteiger charge is -2.38. The summed E-state index contributed by atoms with van der Waals surface area (Å²) in [7, 11) is 0. The molecule has 0 saturated carbocycles. The minimum absolute atomic E-state index is 0.0861. The van der Waals surface area contributed by atoms with Gasteiger partial charge < -0.3 is 15.0 Å². The predicted molar refractivity (Wildman–Crippen MR) is 77.4 cm³/mol.